The molecule has 0 radical (unpaired) electrons. The zero-order chi connectivity index (χ0) is 15.9. The number of hydrogen-bond acceptors (Lipinski definition) is 4. The monoisotopic (exact) mass is 320 g/mol. The molecule has 0 unspecified atom stereocenters. The Kier molecular flexibility index (Phi) is 3.88. The van der Waals surface area contributed by atoms with E-state index in [0.717, 1.165) is 11.4 Å². The van der Waals surface area contributed by atoms with E-state index in [-0.39, 0.29) is 11.6 Å². The van der Waals surface area contributed by atoms with Crippen LogP contribution in [0.15, 0.2) is 18.2 Å². The second kappa shape index (κ2) is 5.70. The van der Waals surface area contributed by atoms with Crippen molar-refractivity contribution in [3.63, 3.8) is 0 Å². The molecule has 0 bridgehead atoms. The highest BCUT2D eigenvalue weighted by molar-refractivity contribution is 6.33. The zero-order valence-corrected chi connectivity index (χ0v) is 13.2. The highest BCUT2D eigenvalue weighted by Gasteiger charge is 2.28. The summed E-state index contributed by atoms with van der Waals surface area (Å²) >= 11 is 6.14. The van der Waals surface area contributed by atoms with Gasteiger partial charge in [-0.2, -0.15) is 5.10 Å². The van der Waals surface area contributed by atoms with E-state index >= 15 is 0 Å². The van der Waals surface area contributed by atoms with Crippen LogP contribution in [0, 0.1) is 13.8 Å². The number of aliphatic hydroxyl groups excluding tert-OH is 1. The van der Waals surface area contributed by atoms with Crippen molar-refractivity contribution in [3.8, 4) is 5.82 Å². The van der Waals surface area contributed by atoms with Crippen molar-refractivity contribution in [2.24, 2.45) is 0 Å². The Hall–Kier alpha value is -1.92. The lowest BCUT2D eigenvalue weighted by molar-refractivity contribution is 0.0759. The molecule has 1 N–H and O–H groups in total. The molecule has 0 aromatic carbocycles. The molecule has 0 spiro atoms. The van der Waals surface area contributed by atoms with Gasteiger partial charge in [-0.05, 0) is 38.5 Å². The molecular formula is C15H17ClN4O2. The van der Waals surface area contributed by atoms with E-state index in [1.165, 1.54) is 0 Å². The summed E-state index contributed by atoms with van der Waals surface area (Å²) in [5, 5.41) is 14.2. The number of aliphatic hydroxyl groups is 1. The predicted octanol–water partition coefficient (Wildman–Crippen LogP) is 1.74. The first-order chi connectivity index (χ1) is 10.5. The largest absolute Gasteiger partial charge is 0.391 e. The van der Waals surface area contributed by atoms with Crippen molar-refractivity contribution < 1.29 is 9.90 Å². The van der Waals surface area contributed by atoms with E-state index in [2.05, 4.69) is 10.1 Å². The van der Waals surface area contributed by atoms with Crippen molar-refractivity contribution in [1.29, 1.82) is 0 Å². The van der Waals surface area contributed by atoms with Gasteiger partial charge in [0.1, 0.15) is 5.69 Å². The van der Waals surface area contributed by atoms with Gasteiger partial charge in [-0.1, -0.05) is 11.6 Å². The molecule has 0 aliphatic carbocycles. The number of β-amino-alcohol motifs (C(OH)–C–C–N with tert-alkyl or cyclic N) is 1. The van der Waals surface area contributed by atoms with Crippen molar-refractivity contribution >= 4 is 17.5 Å². The van der Waals surface area contributed by atoms with Crippen LogP contribution in [0.2, 0.25) is 5.02 Å². The molecule has 6 nitrogen and oxygen atoms in total. The Labute approximate surface area is 133 Å². The van der Waals surface area contributed by atoms with Crippen molar-refractivity contribution in [2.75, 3.05) is 13.1 Å². The first-order valence-electron chi connectivity index (χ1n) is 7.13. The Balaban J connectivity index is 1.96. The van der Waals surface area contributed by atoms with E-state index in [9.17, 15) is 9.90 Å². The summed E-state index contributed by atoms with van der Waals surface area (Å²) in [4.78, 5) is 18.5. The zero-order valence-electron chi connectivity index (χ0n) is 12.5. The molecule has 1 fully saturated rings. The lowest BCUT2D eigenvalue weighted by atomic mass is 10.3. The Morgan fingerprint density at radius 3 is 2.77 bits per heavy atom. The van der Waals surface area contributed by atoms with Crippen LogP contribution in [-0.4, -0.2) is 49.9 Å². The van der Waals surface area contributed by atoms with Crippen LogP contribution < -0.4 is 0 Å². The number of carbonyl (C=O) groups excluding carboxylic acids is 1. The summed E-state index contributed by atoms with van der Waals surface area (Å²) in [6, 6.07) is 5.33. The van der Waals surface area contributed by atoms with Gasteiger partial charge in [0.05, 0.1) is 16.8 Å². The smallest absolute Gasteiger partial charge is 0.274 e. The number of amides is 1. The lowest BCUT2D eigenvalue weighted by Gasteiger charge is -2.16. The van der Waals surface area contributed by atoms with Crippen molar-refractivity contribution in [2.45, 2.75) is 26.4 Å². The maximum atomic E-state index is 12.5. The summed E-state index contributed by atoms with van der Waals surface area (Å²) in [6.07, 6.45) is 0.113. The van der Waals surface area contributed by atoms with Crippen molar-refractivity contribution in [1.82, 2.24) is 19.7 Å². The lowest BCUT2D eigenvalue weighted by Crippen LogP contribution is -2.30. The standard InChI is InChI=1S/C15H17ClN4O2/c1-9-7-10(2)20(18-9)13-4-3-12(16)14(17-13)15(22)19-6-5-11(21)8-19/h3-4,7,11,21H,5-6,8H2,1-2H3/t11-/m1/s1. The molecule has 1 saturated heterocycles. The molecule has 1 atom stereocenters. The molecule has 3 heterocycles. The second-order valence-corrected chi connectivity index (χ2v) is 5.94. The average molecular weight is 321 g/mol. The van der Waals surface area contributed by atoms with Gasteiger partial charge in [-0.3, -0.25) is 4.79 Å². The number of aryl methyl sites for hydroxylation is 2. The third-order valence-corrected chi connectivity index (χ3v) is 4.02. The van der Waals surface area contributed by atoms with E-state index in [4.69, 9.17) is 11.6 Å². The third-order valence-electron chi connectivity index (χ3n) is 3.71. The van der Waals surface area contributed by atoms with Crippen LogP contribution in [0.25, 0.3) is 5.82 Å². The summed E-state index contributed by atoms with van der Waals surface area (Å²) in [5.74, 6) is 0.294. The number of hydrogen-bond donors (Lipinski definition) is 1. The van der Waals surface area contributed by atoms with Gasteiger partial charge in [0.2, 0.25) is 0 Å². The van der Waals surface area contributed by atoms with Gasteiger partial charge >= 0.3 is 0 Å². The number of rotatable bonds is 2. The Bertz CT molecular complexity index is 728. The van der Waals surface area contributed by atoms with Gasteiger partial charge in [0.15, 0.2) is 5.82 Å². The minimum Gasteiger partial charge on any atom is -0.391 e. The van der Waals surface area contributed by atoms with Gasteiger partial charge in [0.25, 0.3) is 5.91 Å². The highest BCUT2D eigenvalue weighted by Crippen LogP contribution is 2.21. The number of pyridine rings is 1. The second-order valence-electron chi connectivity index (χ2n) is 5.53. The van der Waals surface area contributed by atoms with E-state index in [0.29, 0.717) is 30.4 Å². The maximum Gasteiger partial charge on any atom is 0.274 e. The van der Waals surface area contributed by atoms with Crippen LogP contribution in [0.5, 0.6) is 0 Å². The van der Waals surface area contributed by atoms with Crippen LogP contribution >= 0.6 is 11.6 Å². The number of nitrogens with zero attached hydrogens (tertiary/aromatic N) is 4. The van der Waals surface area contributed by atoms with Crippen LogP contribution in [0.1, 0.15) is 28.3 Å². The molecule has 1 aliphatic heterocycles. The molecule has 22 heavy (non-hydrogen) atoms. The average Bonchev–Trinajstić information content (AvgIpc) is 3.04. The Morgan fingerprint density at radius 1 is 1.41 bits per heavy atom. The van der Waals surface area contributed by atoms with Gasteiger partial charge in [-0.15, -0.1) is 0 Å². The molecule has 1 aliphatic rings. The topological polar surface area (TPSA) is 71.2 Å². The fourth-order valence-electron chi connectivity index (χ4n) is 2.64. The summed E-state index contributed by atoms with van der Waals surface area (Å²) < 4.78 is 1.68. The number of halogens is 1. The predicted molar refractivity (Wildman–Crippen MR) is 82.4 cm³/mol. The minimum atomic E-state index is -0.470. The quantitative estimate of drug-likeness (QED) is 0.915. The molecule has 7 heteroatoms. The SMILES string of the molecule is Cc1cc(C)n(-c2ccc(Cl)c(C(=O)N3CC[C@@H](O)C3)n2)n1. The van der Waals surface area contributed by atoms with Crippen LogP contribution in [0.4, 0.5) is 0 Å². The summed E-state index contributed by atoms with van der Waals surface area (Å²) in [5.41, 5.74) is 2.01. The molecule has 0 saturated carbocycles. The first-order valence-corrected chi connectivity index (χ1v) is 7.51. The summed E-state index contributed by atoms with van der Waals surface area (Å²) in [7, 11) is 0. The highest BCUT2D eigenvalue weighted by atomic mass is 35.5. The Morgan fingerprint density at radius 2 is 2.18 bits per heavy atom. The van der Waals surface area contributed by atoms with Crippen LogP contribution in [0.3, 0.4) is 0 Å². The maximum absolute atomic E-state index is 12.5. The number of likely N-dealkylation sites (tertiary alicyclic amines) is 1. The molecule has 2 aromatic rings. The first kappa shape index (κ1) is 15.0. The minimum absolute atomic E-state index is 0.195. The fraction of sp³-hybridized carbons (Fsp3) is 0.400. The molecular weight excluding hydrogens is 304 g/mol. The number of aromatic nitrogens is 3. The molecule has 2 aromatic heterocycles. The van der Waals surface area contributed by atoms with E-state index < -0.39 is 6.10 Å². The van der Waals surface area contributed by atoms with Gasteiger partial charge in [0, 0.05) is 18.8 Å². The fourth-order valence-corrected chi connectivity index (χ4v) is 2.82. The van der Waals surface area contributed by atoms with Crippen LogP contribution in [-0.2, 0) is 0 Å². The summed E-state index contributed by atoms with van der Waals surface area (Å²) in [6.45, 7) is 4.66. The normalized spacial score (nSPS) is 18.0. The number of carbonyl (C=O) groups is 1. The van der Waals surface area contributed by atoms with Gasteiger partial charge < -0.3 is 10.0 Å². The van der Waals surface area contributed by atoms with E-state index in [1.807, 2.05) is 19.9 Å². The molecule has 1 amide bonds. The van der Waals surface area contributed by atoms with Gasteiger partial charge in [-0.25, -0.2) is 9.67 Å². The third kappa shape index (κ3) is 2.71. The molecule has 116 valence electrons. The van der Waals surface area contributed by atoms with Crippen molar-refractivity contribution in [3.05, 3.63) is 40.3 Å². The van der Waals surface area contributed by atoms with E-state index in [1.54, 1.807) is 21.7 Å². The molecule has 3 rings (SSSR count).